The fourth-order valence-corrected chi connectivity index (χ4v) is 1.23. The van der Waals surface area contributed by atoms with Crippen LogP contribution in [-0.2, 0) is 21.4 Å². The molecule has 1 aromatic heterocycles. The normalized spacial score (nSPS) is 11.4. The lowest BCUT2D eigenvalue weighted by Gasteiger charge is -2.15. The van der Waals surface area contributed by atoms with E-state index in [0.29, 0.717) is 11.5 Å². The molecule has 1 N–H and O–H groups in total. The summed E-state index contributed by atoms with van der Waals surface area (Å²) in [5.41, 5.74) is 0.111. The van der Waals surface area contributed by atoms with Gasteiger partial charge in [0.1, 0.15) is 5.76 Å². The molecule has 1 rings (SSSR count). The number of rotatable bonds is 3. The van der Waals surface area contributed by atoms with Crippen LogP contribution < -0.4 is 0 Å². The van der Waals surface area contributed by atoms with Gasteiger partial charge >= 0.3 is 5.97 Å². The summed E-state index contributed by atoms with van der Waals surface area (Å²) in [6.07, 6.45) is 1.00. The van der Waals surface area contributed by atoms with Crippen molar-refractivity contribution in [1.29, 1.82) is 0 Å². The molecule has 1 aromatic rings. The number of carboxylic acid groups (broad SMARTS) is 1. The quantitative estimate of drug-likeness (QED) is 0.759. The summed E-state index contributed by atoms with van der Waals surface area (Å²) >= 11 is 0. The van der Waals surface area contributed by atoms with E-state index in [2.05, 4.69) is 4.98 Å². The number of aromatic nitrogens is 1. The van der Waals surface area contributed by atoms with Crippen LogP contribution in [0.2, 0.25) is 0 Å². The molecule has 5 heteroatoms. The molecular formula is C10H13NO4. The highest BCUT2D eigenvalue weighted by Gasteiger charge is 2.25. The first-order valence-electron chi connectivity index (χ1n) is 4.51. The van der Waals surface area contributed by atoms with Crippen LogP contribution in [0.25, 0.3) is 0 Å². The molecule has 0 aliphatic heterocycles. The van der Waals surface area contributed by atoms with Crippen molar-refractivity contribution in [3.05, 3.63) is 17.8 Å². The van der Waals surface area contributed by atoms with Crippen LogP contribution in [-0.4, -0.2) is 21.8 Å². The number of oxazole rings is 1. The minimum absolute atomic E-state index is 0.224. The van der Waals surface area contributed by atoms with E-state index < -0.39 is 11.8 Å². The summed E-state index contributed by atoms with van der Waals surface area (Å²) in [4.78, 5) is 25.2. The van der Waals surface area contributed by atoms with Crippen LogP contribution in [0.4, 0.5) is 0 Å². The Bertz CT molecular complexity index is 386. The predicted molar refractivity (Wildman–Crippen MR) is 51.5 cm³/mol. The van der Waals surface area contributed by atoms with Gasteiger partial charge in [0.2, 0.25) is 5.78 Å². The molecule has 0 radical (unpaired) electrons. The molecular weight excluding hydrogens is 198 g/mol. The molecule has 0 amide bonds. The van der Waals surface area contributed by atoms with Gasteiger partial charge in [-0.25, -0.2) is 9.78 Å². The molecule has 1 heterocycles. The van der Waals surface area contributed by atoms with Gasteiger partial charge in [-0.2, -0.15) is 0 Å². The zero-order valence-electron chi connectivity index (χ0n) is 8.90. The van der Waals surface area contributed by atoms with Gasteiger partial charge in [-0.1, -0.05) is 20.8 Å². The van der Waals surface area contributed by atoms with E-state index in [0.717, 1.165) is 0 Å². The molecule has 15 heavy (non-hydrogen) atoms. The SMILES string of the molecule is CC(C)(C)c1ocnc1CC(=O)C(=O)O. The number of hydrogen-bond acceptors (Lipinski definition) is 4. The maximum atomic E-state index is 11.0. The Morgan fingerprint density at radius 2 is 2.07 bits per heavy atom. The van der Waals surface area contributed by atoms with E-state index in [1.54, 1.807) is 0 Å². The zero-order valence-corrected chi connectivity index (χ0v) is 8.90. The molecule has 0 saturated heterocycles. The number of carbonyl (C=O) groups is 2. The van der Waals surface area contributed by atoms with Crippen molar-refractivity contribution in [2.45, 2.75) is 32.6 Å². The molecule has 0 bridgehead atoms. The third-order valence-electron chi connectivity index (χ3n) is 1.89. The molecule has 0 aliphatic carbocycles. The second-order valence-electron chi connectivity index (χ2n) is 4.28. The average molecular weight is 211 g/mol. The number of ketones is 1. The Morgan fingerprint density at radius 1 is 1.47 bits per heavy atom. The van der Waals surface area contributed by atoms with Gasteiger partial charge < -0.3 is 9.52 Å². The van der Waals surface area contributed by atoms with Crippen LogP contribution in [0.5, 0.6) is 0 Å². The first-order chi connectivity index (χ1) is 6.82. The third-order valence-corrected chi connectivity index (χ3v) is 1.89. The first-order valence-corrected chi connectivity index (χ1v) is 4.51. The Kier molecular flexibility index (Phi) is 2.93. The van der Waals surface area contributed by atoms with Crippen molar-refractivity contribution in [3.63, 3.8) is 0 Å². The maximum absolute atomic E-state index is 11.0. The van der Waals surface area contributed by atoms with Crippen molar-refractivity contribution in [2.75, 3.05) is 0 Å². The molecule has 0 spiro atoms. The second-order valence-corrected chi connectivity index (χ2v) is 4.28. The summed E-state index contributed by atoms with van der Waals surface area (Å²) in [5.74, 6) is -1.77. The predicted octanol–water partition coefficient (Wildman–Crippen LogP) is 1.17. The van der Waals surface area contributed by atoms with E-state index in [1.807, 2.05) is 20.8 Å². The number of nitrogens with zero attached hydrogens (tertiary/aromatic N) is 1. The second kappa shape index (κ2) is 3.84. The van der Waals surface area contributed by atoms with E-state index in [-0.39, 0.29) is 11.8 Å². The number of carboxylic acids is 1. The minimum Gasteiger partial charge on any atom is -0.475 e. The van der Waals surface area contributed by atoms with Gasteiger partial charge in [0, 0.05) is 5.41 Å². The fourth-order valence-electron chi connectivity index (χ4n) is 1.23. The topological polar surface area (TPSA) is 80.4 Å². The number of hydrogen-bond donors (Lipinski definition) is 1. The molecule has 0 atom stereocenters. The highest BCUT2D eigenvalue weighted by molar-refractivity contribution is 6.33. The largest absolute Gasteiger partial charge is 0.475 e. The van der Waals surface area contributed by atoms with Crippen molar-refractivity contribution in [2.24, 2.45) is 0 Å². The van der Waals surface area contributed by atoms with Crippen LogP contribution in [0.1, 0.15) is 32.2 Å². The van der Waals surface area contributed by atoms with Gasteiger partial charge in [-0.3, -0.25) is 4.79 Å². The van der Waals surface area contributed by atoms with Crippen molar-refractivity contribution in [3.8, 4) is 0 Å². The summed E-state index contributed by atoms with van der Waals surface area (Å²) < 4.78 is 5.15. The molecule has 0 saturated carbocycles. The zero-order chi connectivity index (χ0) is 11.6. The van der Waals surface area contributed by atoms with E-state index in [4.69, 9.17) is 9.52 Å². The van der Waals surface area contributed by atoms with Crippen molar-refractivity contribution >= 4 is 11.8 Å². The highest BCUT2D eigenvalue weighted by Crippen LogP contribution is 2.25. The lowest BCUT2D eigenvalue weighted by atomic mass is 9.91. The van der Waals surface area contributed by atoms with Gasteiger partial charge in [-0.05, 0) is 0 Å². The summed E-state index contributed by atoms with van der Waals surface area (Å²) in [5, 5.41) is 8.47. The lowest BCUT2D eigenvalue weighted by Crippen LogP contribution is -2.19. The van der Waals surface area contributed by atoms with E-state index >= 15 is 0 Å². The number of aliphatic carboxylic acids is 1. The molecule has 0 fully saturated rings. The highest BCUT2D eigenvalue weighted by atomic mass is 16.4. The van der Waals surface area contributed by atoms with E-state index in [9.17, 15) is 9.59 Å². The number of carbonyl (C=O) groups excluding carboxylic acids is 1. The smallest absolute Gasteiger partial charge is 0.372 e. The first kappa shape index (κ1) is 11.4. The summed E-state index contributed by atoms with van der Waals surface area (Å²) in [6, 6.07) is 0. The van der Waals surface area contributed by atoms with E-state index in [1.165, 1.54) is 6.39 Å². The van der Waals surface area contributed by atoms with Crippen molar-refractivity contribution < 1.29 is 19.1 Å². The summed E-state index contributed by atoms with van der Waals surface area (Å²) in [6.45, 7) is 5.72. The fraction of sp³-hybridized carbons (Fsp3) is 0.500. The van der Waals surface area contributed by atoms with Crippen LogP contribution in [0.15, 0.2) is 10.8 Å². The molecule has 82 valence electrons. The number of Topliss-reactive ketones (excluding diaryl/α,β-unsaturated/α-hetero) is 1. The van der Waals surface area contributed by atoms with Gasteiger partial charge in [0.25, 0.3) is 0 Å². The van der Waals surface area contributed by atoms with Crippen LogP contribution in [0, 0.1) is 0 Å². The Morgan fingerprint density at radius 3 is 2.53 bits per heavy atom. The maximum Gasteiger partial charge on any atom is 0.372 e. The molecule has 5 nitrogen and oxygen atoms in total. The monoisotopic (exact) mass is 211 g/mol. The van der Waals surface area contributed by atoms with Crippen molar-refractivity contribution in [1.82, 2.24) is 4.98 Å². The molecule has 0 unspecified atom stereocenters. The van der Waals surface area contributed by atoms with Crippen LogP contribution in [0.3, 0.4) is 0 Å². The minimum atomic E-state index is -1.45. The standard InChI is InChI=1S/C10H13NO4/c1-10(2,3)8-6(11-5-15-8)4-7(12)9(13)14/h5H,4H2,1-3H3,(H,13,14). The average Bonchev–Trinajstić information content (AvgIpc) is 2.50. The molecule has 0 aromatic carbocycles. The Balaban J connectivity index is 2.92. The molecule has 0 aliphatic rings. The van der Waals surface area contributed by atoms with Gasteiger partial charge in [-0.15, -0.1) is 0 Å². The van der Waals surface area contributed by atoms with Gasteiger partial charge in [0.15, 0.2) is 6.39 Å². The Hall–Kier alpha value is -1.65. The summed E-state index contributed by atoms with van der Waals surface area (Å²) in [7, 11) is 0. The lowest BCUT2D eigenvalue weighted by molar-refractivity contribution is -0.148. The third kappa shape index (κ3) is 2.65. The van der Waals surface area contributed by atoms with Crippen LogP contribution >= 0.6 is 0 Å². The van der Waals surface area contributed by atoms with Gasteiger partial charge in [0.05, 0.1) is 12.1 Å². The Labute approximate surface area is 87.1 Å².